The van der Waals surface area contributed by atoms with Gasteiger partial charge in [-0.2, -0.15) is 8.42 Å². The van der Waals surface area contributed by atoms with E-state index < -0.39 is 22.4 Å². The highest BCUT2D eigenvalue weighted by Crippen LogP contribution is 2.20. The second kappa shape index (κ2) is 5.34. The third kappa shape index (κ3) is 3.76. The molecule has 0 aromatic heterocycles. The van der Waals surface area contributed by atoms with Gasteiger partial charge in [0.05, 0.1) is 6.26 Å². The van der Waals surface area contributed by atoms with Crippen molar-refractivity contribution in [1.29, 1.82) is 0 Å². The Hall–Kier alpha value is -0.980. The molecule has 0 bridgehead atoms. The van der Waals surface area contributed by atoms with Crippen LogP contribution in [0.1, 0.15) is 5.56 Å². The molecule has 6 heteroatoms. The zero-order valence-electron chi connectivity index (χ0n) is 10.1. The van der Waals surface area contributed by atoms with Crippen LogP contribution in [-0.4, -0.2) is 44.9 Å². The Balaban J connectivity index is 1.95. The lowest BCUT2D eigenvalue weighted by atomic mass is 10.2. The summed E-state index contributed by atoms with van der Waals surface area (Å²) in [5.74, 6) is 0. The van der Waals surface area contributed by atoms with Crippen molar-refractivity contribution in [2.75, 3.05) is 19.3 Å². The van der Waals surface area contributed by atoms with E-state index in [1.165, 1.54) is 0 Å². The van der Waals surface area contributed by atoms with Crippen molar-refractivity contribution in [2.45, 2.75) is 18.8 Å². The molecule has 0 amide bonds. The molecule has 0 unspecified atom stereocenters. The molecule has 1 saturated heterocycles. The van der Waals surface area contributed by atoms with Crippen molar-refractivity contribution < 1.29 is 17.0 Å². The third-order valence-electron chi connectivity index (χ3n) is 2.82. The van der Waals surface area contributed by atoms with Gasteiger partial charge >= 0.3 is 0 Å². The topological polar surface area (TPSA) is 46.6 Å². The minimum atomic E-state index is -3.60. The molecule has 1 aromatic carbocycles. The first-order chi connectivity index (χ1) is 8.44. The molecule has 2 rings (SSSR count). The van der Waals surface area contributed by atoms with Gasteiger partial charge < -0.3 is 0 Å². The molecule has 1 heterocycles. The van der Waals surface area contributed by atoms with Crippen molar-refractivity contribution in [3.63, 3.8) is 0 Å². The van der Waals surface area contributed by atoms with E-state index in [2.05, 4.69) is 0 Å². The number of likely N-dealkylation sites (tertiary alicyclic amines) is 1. The van der Waals surface area contributed by atoms with Crippen LogP contribution in [0.15, 0.2) is 30.3 Å². The van der Waals surface area contributed by atoms with E-state index in [-0.39, 0.29) is 6.54 Å². The summed E-state index contributed by atoms with van der Waals surface area (Å²) >= 11 is 0. The lowest BCUT2D eigenvalue weighted by molar-refractivity contribution is 0.146. The maximum Gasteiger partial charge on any atom is 0.264 e. The SMILES string of the molecule is CS(=O)(=O)O[C@H]1CN(Cc2ccccc2)C[C@@H]1F. The van der Waals surface area contributed by atoms with Gasteiger partial charge in [0.15, 0.2) is 0 Å². The largest absolute Gasteiger partial charge is 0.293 e. The van der Waals surface area contributed by atoms with Crippen LogP contribution in [0, 0.1) is 0 Å². The summed E-state index contributed by atoms with van der Waals surface area (Å²) in [6.45, 7) is 1.10. The van der Waals surface area contributed by atoms with Gasteiger partial charge in [-0.3, -0.25) is 9.08 Å². The summed E-state index contributed by atoms with van der Waals surface area (Å²) in [6, 6.07) is 9.67. The fraction of sp³-hybridized carbons (Fsp3) is 0.500. The third-order valence-corrected chi connectivity index (χ3v) is 3.42. The molecule has 0 N–H and O–H groups in total. The molecule has 0 aliphatic carbocycles. The molecule has 0 saturated carbocycles. The molecular weight excluding hydrogens is 257 g/mol. The molecule has 1 aliphatic heterocycles. The fourth-order valence-electron chi connectivity index (χ4n) is 2.09. The number of hydrogen-bond donors (Lipinski definition) is 0. The molecule has 2 atom stereocenters. The standard InChI is InChI=1S/C12H16FNO3S/c1-18(15,16)17-12-9-14(8-11(12)13)7-10-5-3-2-4-6-10/h2-6,11-12H,7-9H2,1H3/t11-,12-/m0/s1. The van der Waals surface area contributed by atoms with Gasteiger partial charge in [0.1, 0.15) is 12.3 Å². The van der Waals surface area contributed by atoms with Gasteiger partial charge in [0, 0.05) is 19.6 Å². The summed E-state index contributed by atoms with van der Waals surface area (Å²) in [4.78, 5) is 1.86. The van der Waals surface area contributed by atoms with Crippen molar-refractivity contribution in [3.05, 3.63) is 35.9 Å². The molecule has 1 aliphatic rings. The lowest BCUT2D eigenvalue weighted by Crippen LogP contribution is -2.27. The molecule has 100 valence electrons. The van der Waals surface area contributed by atoms with E-state index in [9.17, 15) is 12.8 Å². The molecular formula is C12H16FNO3S. The first-order valence-corrected chi connectivity index (χ1v) is 7.54. The van der Waals surface area contributed by atoms with Crippen LogP contribution in [-0.2, 0) is 20.8 Å². The van der Waals surface area contributed by atoms with Crippen molar-refractivity contribution in [3.8, 4) is 0 Å². The normalized spacial score (nSPS) is 25.4. The first kappa shape index (κ1) is 13.5. The maximum atomic E-state index is 13.6. The minimum Gasteiger partial charge on any atom is -0.293 e. The average Bonchev–Trinajstić information content (AvgIpc) is 2.58. The van der Waals surface area contributed by atoms with Gasteiger partial charge in [0.25, 0.3) is 10.1 Å². The number of nitrogens with zero attached hydrogens (tertiary/aromatic N) is 1. The Morgan fingerprint density at radius 1 is 1.33 bits per heavy atom. The summed E-state index contributed by atoms with van der Waals surface area (Å²) in [6.07, 6.45) is -1.20. The van der Waals surface area contributed by atoms with Gasteiger partial charge in [-0.05, 0) is 5.56 Å². The number of benzene rings is 1. The monoisotopic (exact) mass is 273 g/mol. The molecule has 1 aromatic rings. The molecule has 0 radical (unpaired) electrons. The van der Waals surface area contributed by atoms with Crippen LogP contribution in [0.5, 0.6) is 0 Å². The van der Waals surface area contributed by atoms with Crippen LogP contribution in [0.25, 0.3) is 0 Å². The zero-order valence-corrected chi connectivity index (χ0v) is 10.9. The first-order valence-electron chi connectivity index (χ1n) is 5.72. The fourth-order valence-corrected chi connectivity index (χ4v) is 2.72. The Labute approximate surface area is 106 Å². The maximum absolute atomic E-state index is 13.6. The second-order valence-corrected chi connectivity index (χ2v) is 6.14. The molecule has 1 fully saturated rings. The number of hydrogen-bond acceptors (Lipinski definition) is 4. The van der Waals surface area contributed by atoms with Gasteiger partial charge in [0.2, 0.25) is 0 Å². The van der Waals surface area contributed by atoms with E-state index in [1.807, 2.05) is 35.2 Å². The Kier molecular flexibility index (Phi) is 3.99. The molecule has 0 spiro atoms. The van der Waals surface area contributed by atoms with Gasteiger partial charge in [-0.25, -0.2) is 4.39 Å². The Morgan fingerprint density at radius 2 is 2.00 bits per heavy atom. The Bertz CT molecular complexity index is 491. The highest BCUT2D eigenvalue weighted by molar-refractivity contribution is 7.86. The van der Waals surface area contributed by atoms with Gasteiger partial charge in [-0.1, -0.05) is 30.3 Å². The second-order valence-electron chi connectivity index (χ2n) is 4.53. The van der Waals surface area contributed by atoms with Crippen molar-refractivity contribution in [1.82, 2.24) is 4.90 Å². The smallest absolute Gasteiger partial charge is 0.264 e. The highest BCUT2D eigenvalue weighted by Gasteiger charge is 2.35. The van der Waals surface area contributed by atoms with Crippen LogP contribution in [0.2, 0.25) is 0 Å². The van der Waals surface area contributed by atoms with Crippen molar-refractivity contribution in [2.24, 2.45) is 0 Å². The number of rotatable bonds is 4. The average molecular weight is 273 g/mol. The summed E-state index contributed by atoms with van der Waals surface area (Å²) in [5.41, 5.74) is 1.07. The predicted octanol–water partition coefficient (Wildman–Crippen LogP) is 1.19. The minimum absolute atomic E-state index is 0.203. The number of alkyl halides is 1. The zero-order chi connectivity index (χ0) is 13.2. The Morgan fingerprint density at radius 3 is 2.61 bits per heavy atom. The van der Waals surface area contributed by atoms with Gasteiger partial charge in [-0.15, -0.1) is 0 Å². The quantitative estimate of drug-likeness (QED) is 0.773. The summed E-state index contributed by atoms with van der Waals surface area (Å²) < 4.78 is 40.4. The van der Waals surface area contributed by atoms with Crippen LogP contribution >= 0.6 is 0 Å². The van der Waals surface area contributed by atoms with Crippen LogP contribution in [0.3, 0.4) is 0 Å². The molecule has 18 heavy (non-hydrogen) atoms. The lowest BCUT2D eigenvalue weighted by Gasteiger charge is -2.15. The van der Waals surface area contributed by atoms with E-state index >= 15 is 0 Å². The van der Waals surface area contributed by atoms with Crippen LogP contribution in [0.4, 0.5) is 4.39 Å². The summed E-state index contributed by atoms with van der Waals surface area (Å²) in [7, 11) is -3.60. The van der Waals surface area contributed by atoms with E-state index in [4.69, 9.17) is 4.18 Å². The number of halogens is 1. The highest BCUT2D eigenvalue weighted by atomic mass is 32.2. The van der Waals surface area contributed by atoms with Crippen LogP contribution < -0.4 is 0 Å². The molecule has 4 nitrogen and oxygen atoms in total. The summed E-state index contributed by atoms with van der Waals surface area (Å²) in [5, 5.41) is 0. The van der Waals surface area contributed by atoms with Crippen molar-refractivity contribution >= 4 is 10.1 Å². The van der Waals surface area contributed by atoms with E-state index in [0.717, 1.165) is 11.8 Å². The van der Waals surface area contributed by atoms with E-state index in [1.54, 1.807) is 0 Å². The predicted molar refractivity (Wildman–Crippen MR) is 66.3 cm³/mol. The van der Waals surface area contributed by atoms with E-state index in [0.29, 0.717) is 13.1 Å².